The molecule has 0 spiro atoms. The summed E-state index contributed by atoms with van der Waals surface area (Å²) in [5.74, 6) is -0.586. The summed E-state index contributed by atoms with van der Waals surface area (Å²) in [6.45, 7) is 6.12. The van der Waals surface area contributed by atoms with Crippen molar-refractivity contribution in [2.45, 2.75) is 43.4 Å². The Morgan fingerprint density at radius 2 is 1.77 bits per heavy atom. The van der Waals surface area contributed by atoms with Crippen molar-refractivity contribution >= 4 is 41.0 Å². The largest absolute Gasteiger partial charge is 0.332 e. The summed E-state index contributed by atoms with van der Waals surface area (Å²) in [5, 5.41) is 0.385. The Labute approximate surface area is 180 Å². The molecule has 0 aromatic heterocycles. The van der Waals surface area contributed by atoms with Gasteiger partial charge in [-0.15, -0.1) is 11.8 Å². The van der Waals surface area contributed by atoms with E-state index in [0.717, 1.165) is 27.5 Å². The van der Waals surface area contributed by atoms with E-state index in [2.05, 4.69) is 6.92 Å². The molecule has 2 heterocycles. The molecule has 7 heteroatoms. The van der Waals surface area contributed by atoms with Gasteiger partial charge in [0.05, 0.1) is 5.69 Å². The Morgan fingerprint density at radius 3 is 2.50 bits per heavy atom. The summed E-state index contributed by atoms with van der Waals surface area (Å²) >= 11 is 1.75. The summed E-state index contributed by atoms with van der Waals surface area (Å²) in [7, 11) is 0. The summed E-state index contributed by atoms with van der Waals surface area (Å²) in [4.78, 5) is 44.4. The Kier molecular flexibility index (Phi) is 5.56. The molecule has 0 radical (unpaired) electrons. The Bertz CT molecular complexity index is 991. The van der Waals surface area contributed by atoms with Gasteiger partial charge in [-0.25, -0.2) is 4.79 Å². The lowest BCUT2D eigenvalue weighted by atomic mass is 10.2. The van der Waals surface area contributed by atoms with Crippen LogP contribution in [-0.2, 0) is 9.59 Å². The van der Waals surface area contributed by atoms with Gasteiger partial charge in [-0.05, 0) is 44.5 Å². The van der Waals surface area contributed by atoms with Gasteiger partial charge < -0.3 is 4.90 Å². The number of para-hydroxylation sites is 1. The fraction of sp³-hybridized carbons (Fsp3) is 0.348. The zero-order chi connectivity index (χ0) is 21.4. The lowest BCUT2D eigenvalue weighted by Crippen LogP contribution is -2.44. The minimum absolute atomic E-state index is 0.239. The molecule has 0 saturated carbocycles. The smallest absolute Gasteiger partial charge is 0.310 e. The quantitative estimate of drug-likeness (QED) is 0.699. The first-order chi connectivity index (χ1) is 14.4. The zero-order valence-electron chi connectivity index (χ0n) is 17.4. The Hall–Kier alpha value is -2.80. The molecule has 2 aromatic rings. The number of urea groups is 1. The van der Waals surface area contributed by atoms with Crippen LogP contribution in [0.2, 0.25) is 0 Å². The van der Waals surface area contributed by atoms with Crippen LogP contribution < -0.4 is 9.80 Å². The molecule has 4 amide bonds. The number of fused-ring (bicyclic) bond motifs is 1. The molecule has 1 saturated heterocycles. The van der Waals surface area contributed by atoms with Gasteiger partial charge >= 0.3 is 6.03 Å². The van der Waals surface area contributed by atoms with E-state index in [0.29, 0.717) is 17.5 Å². The van der Waals surface area contributed by atoms with Gasteiger partial charge in [0.25, 0.3) is 5.91 Å². The van der Waals surface area contributed by atoms with Crippen molar-refractivity contribution in [1.82, 2.24) is 4.90 Å². The van der Waals surface area contributed by atoms with Crippen LogP contribution in [0.1, 0.15) is 25.8 Å². The molecule has 2 atom stereocenters. The predicted molar refractivity (Wildman–Crippen MR) is 119 cm³/mol. The van der Waals surface area contributed by atoms with E-state index >= 15 is 0 Å². The minimum Gasteiger partial charge on any atom is -0.310 e. The van der Waals surface area contributed by atoms with Crippen LogP contribution in [0.15, 0.2) is 53.4 Å². The maximum atomic E-state index is 13.2. The van der Waals surface area contributed by atoms with Crippen LogP contribution in [-0.4, -0.2) is 47.1 Å². The highest BCUT2D eigenvalue weighted by molar-refractivity contribution is 8.00. The monoisotopic (exact) mass is 423 g/mol. The van der Waals surface area contributed by atoms with Crippen molar-refractivity contribution in [2.24, 2.45) is 0 Å². The number of carbonyl (C=O) groups is 3. The summed E-state index contributed by atoms with van der Waals surface area (Å²) in [6.07, 6.45) is 0.846. The molecule has 0 aliphatic carbocycles. The number of carbonyl (C=O) groups excluding carboxylic acids is 3. The van der Waals surface area contributed by atoms with Crippen molar-refractivity contribution in [3.63, 3.8) is 0 Å². The standard InChI is InChI=1S/C23H25N3O3S/c1-15-8-10-18(11-9-15)26-17(3)22(28)25(23(26)29)14-21(27)24-13-12-16(2)30-20-7-5-4-6-19(20)24/h4-11,16-17H,12-14H2,1-3H3. The van der Waals surface area contributed by atoms with Gasteiger partial charge in [-0.2, -0.15) is 0 Å². The number of thioether (sulfide) groups is 1. The molecule has 0 bridgehead atoms. The average Bonchev–Trinajstić information content (AvgIpc) is 2.85. The van der Waals surface area contributed by atoms with Crippen molar-refractivity contribution in [2.75, 3.05) is 22.9 Å². The second-order valence-corrected chi connectivity index (χ2v) is 9.30. The average molecular weight is 424 g/mol. The second-order valence-electron chi connectivity index (χ2n) is 7.82. The van der Waals surface area contributed by atoms with Gasteiger partial charge in [-0.1, -0.05) is 36.8 Å². The molecule has 0 N–H and O–H groups in total. The van der Waals surface area contributed by atoms with Gasteiger partial charge in [0.2, 0.25) is 5.91 Å². The molecular weight excluding hydrogens is 398 g/mol. The molecule has 156 valence electrons. The van der Waals surface area contributed by atoms with Crippen LogP contribution in [0.5, 0.6) is 0 Å². The number of anilines is 2. The van der Waals surface area contributed by atoms with Crippen molar-refractivity contribution in [1.29, 1.82) is 0 Å². The number of benzene rings is 2. The second kappa shape index (κ2) is 8.14. The lowest BCUT2D eigenvalue weighted by Gasteiger charge is -2.25. The number of imide groups is 1. The van der Waals surface area contributed by atoms with Crippen molar-refractivity contribution in [3.8, 4) is 0 Å². The van der Waals surface area contributed by atoms with E-state index in [1.807, 2.05) is 55.5 Å². The molecule has 2 aliphatic rings. The van der Waals surface area contributed by atoms with Crippen LogP contribution in [0.4, 0.5) is 16.2 Å². The minimum atomic E-state index is -0.639. The van der Waals surface area contributed by atoms with Crippen LogP contribution in [0.3, 0.4) is 0 Å². The lowest BCUT2D eigenvalue weighted by molar-refractivity contribution is -0.131. The van der Waals surface area contributed by atoms with E-state index in [1.54, 1.807) is 23.6 Å². The highest BCUT2D eigenvalue weighted by Gasteiger charge is 2.44. The molecule has 2 unspecified atom stereocenters. The van der Waals surface area contributed by atoms with E-state index in [4.69, 9.17) is 0 Å². The van der Waals surface area contributed by atoms with Crippen molar-refractivity contribution in [3.05, 3.63) is 54.1 Å². The van der Waals surface area contributed by atoms with Crippen molar-refractivity contribution < 1.29 is 14.4 Å². The van der Waals surface area contributed by atoms with Gasteiger partial charge in [-0.3, -0.25) is 19.4 Å². The van der Waals surface area contributed by atoms with Crippen LogP contribution in [0.25, 0.3) is 0 Å². The topological polar surface area (TPSA) is 60.9 Å². The van der Waals surface area contributed by atoms with Crippen LogP contribution in [0, 0.1) is 6.92 Å². The highest BCUT2D eigenvalue weighted by Crippen LogP contribution is 2.37. The summed E-state index contributed by atoms with van der Waals surface area (Å²) < 4.78 is 0. The summed E-state index contributed by atoms with van der Waals surface area (Å²) in [5.41, 5.74) is 2.58. The van der Waals surface area contributed by atoms with E-state index in [-0.39, 0.29) is 18.4 Å². The van der Waals surface area contributed by atoms with E-state index in [9.17, 15) is 14.4 Å². The Balaban J connectivity index is 1.57. The Morgan fingerprint density at radius 1 is 1.07 bits per heavy atom. The first kappa shape index (κ1) is 20.5. The third-order valence-corrected chi connectivity index (χ3v) is 6.83. The third-order valence-electron chi connectivity index (χ3n) is 5.60. The fourth-order valence-corrected chi connectivity index (χ4v) is 4.99. The predicted octanol–water partition coefficient (Wildman–Crippen LogP) is 4.07. The summed E-state index contributed by atoms with van der Waals surface area (Å²) in [6, 6.07) is 14.2. The normalized spacial score (nSPS) is 21.6. The number of amides is 4. The SMILES string of the molecule is Cc1ccc(N2C(=O)N(CC(=O)N3CCC(C)Sc4ccccc43)C(=O)C2C)cc1. The number of hydrogen-bond donors (Lipinski definition) is 0. The molecule has 1 fully saturated rings. The molecule has 6 nitrogen and oxygen atoms in total. The number of nitrogens with zero attached hydrogens (tertiary/aromatic N) is 3. The number of hydrogen-bond acceptors (Lipinski definition) is 4. The number of rotatable bonds is 3. The molecule has 4 rings (SSSR count). The van der Waals surface area contributed by atoms with Crippen LogP contribution >= 0.6 is 11.8 Å². The maximum absolute atomic E-state index is 13.2. The number of aryl methyl sites for hydroxylation is 1. The van der Waals surface area contributed by atoms with E-state index in [1.165, 1.54) is 4.90 Å². The maximum Gasteiger partial charge on any atom is 0.332 e. The van der Waals surface area contributed by atoms with Gasteiger partial charge in [0.15, 0.2) is 0 Å². The first-order valence-corrected chi connectivity index (χ1v) is 11.0. The molecule has 2 aromatic carbocycles. The highest BCUT2D eigenvalue weighted by atomic mass is 32.2. The van der Waals surface area contributed by atoms with Gasteiger partial charge in [0, 0.05) is 22.4 Å². The first-order valence-electron chi connectivity index (χ1n) is 10.1. The third kappa shape index (κ3) is 3.69. The van der Waals surface area contributed by atoms with Gasteiger partial charge in [0.1, 0.15) is 12.6 Å². The molecule has 2 aliphatic heterocycles. The molecule has 30 heavy (non-hydrogen) atoms. The van der Waals surface area contributed by atoms with E-state index < -0.39 is 12.1 Å². The fourth-order valence-electron chi connectivity index (χ4n) is 3.88. The molecular formula is C23H25N3O3S. The zero-order valence-corrected chi connectivity index (χ0v) is 18.2.